The van der Waals surface area contributed by atoms with E-state index in [1.807, 2.05) is 19.1 Å². The largest absolute Gasteiger partial charge is 0.478 e. The van der Waals surface area contributed by atoms with Gasteiger partial charge in [-0.2, -0.15) is 0 Å². The number of aromatic nitrogens is 1. The molecule has 0 aliphatic rings. The Hall–Kier alpha value is -1.62. The predicted octanol–water partition coefficient (Wildman–Crippen LogP) is 2.85. The molecule has 1 aromatic carbocycles. The molecular formula is C12H13NO3S. The van der Waals surface area contributed by atoms with Crippen molar-refractivity contribution in [3.63, 3.8) is 0 Å². The SMILES string of the molecule is Cc1nc2c(OC(C)(C)C(=O)O)cccc2s1. The van der Waals surface area contributed by atoms with Crippen molar-refractivity contribution in [2.45, 2.75) is 26.4 Å². The van der Waals surface area contributed by atoms with Gasteiger partial charge in [-0.3, -0.25) is 0 Å². The predicted molar refractivity (Wildman–Crippen MR) is 66.7 cm³/mol. The van der Waals surface area contributed by atoms with Gasteiger partial charge in [0.15, 0.2) is 5.60 Å². The minimum absolute atomic E-state index is 0.513. The molecule has 0 spiro atoms. The lowest BCUT2D eigenvalue weighted by Crippen LogP contribution is -2.37. The number of carboxylic acids is 1. The van der Waals surface area contributed by atoms with Gasteiger partial charge in [0, 0.05) is 0 Å². The Balaban J connectivity index is 2.46. The van der Waals surface area contributed by atoms with Crippen LogP contribution in [0.15, 0.2) is 18.2 Å². The van der Waals surface area contributed by atoms with E-state index in [0.717, 1.165) is 15.2 Å². The molecule has 5 heteroatoms. The fraction of sp³-hybridized carbons (Fsp3) is 0.333. The quantitative estimate of drug-likeness (QED) is 0.911. The first-order chi connectivity index (χ1) is 7.90. The average Bonchev–Trinajstić information content (AvgIpc) is 2.59. The van der Waals surface area contributed by atoms with E-state index in [1.165, 1.54) is 13.8 Å². The van der Waals surface area contributed by atoms with Crippen molar-refractivity contribution in [1.82, 2.24) is 4.98 Å². The van der Waals surface area contributed by atoms with E-state index in [2.05, 4.69) is 4.98 Å². The molecule has 4 nitrogen and oxygen atoms in total. The summed E-state index contributed by atoms with van der Waals surface area (Å²) >= 11 is 1.56. The molecule has 2 aromatic rings. The molecule has 0 radical (unpaired) electrons. The van der Waals surface area contributed by atoms with Gasteiger partial charge in [-0.05, 0) is 32.9 Å². The van der Waals surface area contributed by atoms with Gasteiger partial charge in [0.2, 0.25) is 0 Å². The Morgan fingerprint density at radius 2 is 2.18 bits per heavy atom. The topological polar surface area (TPSA) is 59.4 Å². The summed E-state index contributed by atoms with van der Waals surface area (Å²) in [6.07, 6.45) is 0. The fourth-order valence-electron chi connectivity index (χ4n) is 1.44. The molecule has 0 aliphatic heterocycles. The van der Waals surface area contributed by atoms with Gasteiger partial charge in [-0.1, -0.05) is 6.07 Å². The number of hydrogen-bond acceptors (Lipinski definition) is 4. The second-order valence-electron chi connectivity index (χ2n) is 4.25. The van der Waals surface area contributed by atoms with Crippen LogP contribution < -0.4 is 4.74 Å². The van der Waals surface area contributed by atoms with Crippen molar-refractivity contribution < 1.29 is 14.6 Å². The van der Waals surface area contributed by atoms with E-state index in [4.69, 9.17) is 9.84 Å². The van der Waals surface area contributed by atoms with Crippen LogP contribution in [-0.2, 0) is 4.79 Å². The molecule has 0 aliphatic carbocycles. The van der Waals surface area contributed by atoms with Gasteiger partial charge < -0.3 is 9.84 Å². The molecule has 0 bridgehead atoms. The summed E-state index contributed by atoms with van der Waals surface area (Å²) in [4.78, 5) is 15.4. The summed E-state index contributed by atoms with van der Waals surface area (Å²) in [6, 6.07) is 5.53. The number of carbonyl (C=O) groups is 1. The van der Waals surface area contributed by atoms with E-state index < -0.39 is 11.6 Å². The highest BCUT2D eigenvalue weighted by molar-refractivity contribution is 7.18. The molecular weight excluding hydrogens is 238 g/mol. The number of thiazole rings is 1. The Kier molecular flexibility index (Phi) is 2.79. The van der Waals surface area contributed by atoms with Crippen molar-refractivity contribution in [3.05, 3.63) is 23.2 Å². The summed E-state index contributed by atoms with van der Waals surface area (Å²) in [7, 11) is 0. The molecule has 0 fully saturated rings. The summed E-state index contributed by atoms with van der Waals surface area (Å²) in [5.74, 6) is -0.485. The Bertz CT molecular complexity index is 574. The summed E-state index contributed by atoms with van der Waals surface area (Å²) in [5, 5.41) is 9.97. The Morgan fingerprint density at radius 3 is 2.82 bits per heavy atom. The van der Waals surface area contributed by atoms with Crippen LogP contribution in [-0.4, -0.2) is 21.7 Å². The van der Waals surface area contributed by atoms with Crippen molar-refractivity contribution in [2.24, 2.45) is 0 Å². The van der Waals surface area contributed by atoms with Gasteiger partial charge in [0.25, 0.3) is 0 Å². The third-order valence-corrected chi connectivity index (χ3v) is 3.31. The number of aliphatic carboxylic acids is 1. The van der Waals surface area contributed by atoms with Crippen molar-refractivity contribution in [2.75, 3.05) is 0 Å². The minimum Gasteiger partial charge on any atom is -0.478 e. The highest BCUT2D eigenvalue weighted by Crippen LogP contribution is 2.31. The zero-order chi connectivity index (χ0) is 12.6. The number of carboxylic acid groups (broad SMARTS) is 1. The summed E-state index contributed by atoms with van der Waals surface area (Å²) in [6.45, 7) is 4.96. The van der Waals surface area contributed by atoms with Gasteiger partial charge >= 0.3 is 5.97 Å². The van der Waals surface area contributed by atoms with Crippen LogP contribution in [0.2, 0.25) is 0 Å². The van der Waals surface area contributed by atoms with E-state index in [-0.39, 0.29) is 0 Å². The van der Waals surface area contributed by atoms with Crippen molar-refractivity contribution in [3.8, 4) is 5.75 Å². The number of aryl methyl sites for hydroxylation is 1. The number of nitrogens with zero attached hydrogens (tertiary/aromatic N) is 1. The second kappa shape index (κ2) is 4.00. The van der Waals surface area contributed by atoms with Crippen molar-refractivity contribution >= 4 is 27.5 Å². The van der Waals surface area contributed by atoms with E-state index >= 15 is 0 Å². The first-order valence-corrected chi connectivity index (χ1v) is 6.00. The number of benzene rings is 1. The van der Waals surface area contributed by atoms with Crippen LogP contribution in [0.3, 0.4) is 0 Å². The van der Waals surface area contributed by atoms with Gasteiger partial charge in [0.05, 0.1) is 9.71 Å². The number of ether oxygens (including phenoxy) is 1. The number of hydrogen-bond donors (Lipinski definition) is 1. The molecule has 0 atom stereocenters. The van der Waals surface area contributed by atoms with Crippen LogP contribution >= 0.6 is 11.3 Å². The molecule has 0 unspecified atom stereocenters. The smallest absolute Gasteiger partial charge is 0.347 e. The van der Waals surface area contributed by atoms with E-state index in [1.54, 1.807) is 17.4 Å². The summed E-state index contributed by atoms with van der Waals surface area (Å²) < 4.78 is 6.54. The van der Waals surface area contributed by atoms with Crippen LogP contribution in [0.4, 0.5) is 0 Å². The molecule has 17 heavy (non-hydrogen) atoms. The standard InChI is InChI=1S/C12H13NO3S/c1-7-13-10-8(5-4-6-9(10)17-7)16-12(2,3)11(14)15/h4-6H,1-3H3,(H,14,15). The fourth-order valence-corrected chi connectivity index (χ4v) is 2.28. The molecule has 90 valence electrons. The van der Waals surface area contributed by atoms with Crippen LogP contribution in [0.1, 0.15) is 18.9 Å². The third-order valence-electron chi connectivity index (χ3n) is 2.37. The monoisotopic (exact) mass is 251 g/mol. The number of para-hydroxylation sites is 1. The highest BCUT2D eigenvalue weighted by Gasteiger charge is 2.30. The first kappa shape index (κ1) is 11.9. The highest BCUT2D eigenvalue weighted by atomic mass is 32.1. The third kappa shape index (κ3) is 2.24. The lowest BCUT2D eigenvalue weighted by atomic mass is 10.1. The average molecular weight is 251 g/mol. The Morgan fingerprint density at radius 1 is 1.47 bits per heavy atom. The normalized spacial score (nSPS) is 11.7. The van der Waals surface area contributed by atoms with Crippen LogP contribution in [0.25, 0.3) is 10.2 Å². The second-order valence-corrected chi connectivity index (χ2v) is 5.49. The molecule has 1 heterocycles. The maximum Gasteiger partial charge on any atom is 0.347 e. The molecule has 0 saturated carbocycles. The number of fused-ring (bicyclic) bond motifs is 1. The van der Waals surface area contributed by atoms with Gasteiger partial charge in [-0.25, -0.2) is 9.78 Å². The van der Waals surface area contributed by atoms with E-state index in [9.17, 15) is 4.79 Å². The first-order valence-electron chi connectivity index (χ1n) is 5.19. The van der Waals surface area contributed by atoms with Crippen LogP contribution in [0, 0.1) is 6.92 Å². The zero-order valence-corrected chi connectivity index (χ0v) is 10.7. The summed E-state index contributed by atoms with van der Waals surface area (Å²) in [5.41, 5.74) is -0.532. The molecule has 0 amide bonds. The molecule has 1 N–H and O–H groups in total. The van der Waals surface area contributed by atoms with Crippen LogP contribution in [0.5, 0.6) is 5.75 Å². The minimum atomic E-state index is -1.26. The lowest BCUT2D eigenvalue weighted by Gasteiger charge is -2.21. The zero-order valence-electron chi connectivity index (χ0n) is 9.85. The molecule has 0 saturated heterocycles. The van der Waals surface area contributed by atoms with E-state index in [0.29, 0.717) is 5.75 Å². The maximum atomic E-state index is 11.0. The van der Waals surface area contributed by atoms with Gasteiger partial charge in [-0.15, -0.1) is 11.3 Å². The molecule has 1 aromatic heterocycles. The van der Waals surface area contributed by atoms with Crippen molar-refractivity contribution in [1.29, 1.82) is 0 Å². The Labute approximate surface area is 103 Å². The lowest BCUT2D eigenvalue weighted by molar-refractivity contribution is -0.152. The maximum absolute atomic E-state index is 11.0. The molecule has 2 rings (SSSR count). The number of rotatable bonds is 3. The van der Waals surface area contributed by atoms with Gasteiger partial charge in [0.1, 0.15) is 11.3 Å².